The van der Waals surface area contributed by atoms with Crippen LogP contribution in [0.3, 0.4) is 0 Å². The van der Waals surface area contributed by atoms with Crippen LogP contribution < -0.4 is 10.6 Å². The number of amides is 4. The van der Waals surface area contributed by atoms with Gasteiger partial charge in [0.05, 0.1) is 36.5 Å². The number of carbonyl (C=O) groups excluding carboxylic acids is 5. The van der Waals surface area contributed by atoms with Crippen LogP contribution in [0.2, 0.25) is 0 Å². The van der Waals surface area contributed by atoms with Gasteiger partial charge in [-0.05, 0) is 36.4 Å². The molecule has 0 atom stereocenters. The molecule has 30 heavy (non-hydrogen) atoms. The first kappa shape index (κ1) is 20.5. The Hall–Kier alpha value is -4.21. The Bertz CT molecular complexity index is 1060. The molecule has 0 aliphatic carbocycles. The summed E-state index contributed by atoms with van der Waals surface area (Å²) in [6, 6.07) is 7.56. The van der Waals surface area contributed by atoms with E-state index in [1.165, 1.54) is 57.7 Å². The second kappa shape index (κ2) is 8.03. The van der Waals surface area contributed by atoms with Gasteiger partial charge in [0.2, 0.25) is 0 Å². The SMILES string of the molecule is COC(=O)c1cc(NC(=O)Nc2ccc3c(c2)C(=O)N(C)C3=O)cc(C(=O)OC)c1. The standard InChI is InChI=1S/C20H17N3O7/c1-23-16(24)14-5-4-12(9-15(14)17(23)25)21-20(28)22-13-7-10(18(26)29-2)6-11(8-13)19(27)30-3/h4-9H,1-3H3,(H2,21,22,28). The first-order chi connectivity index (χ1) is 14.2. The van der Waals surface area contributed by atoms with E-state index in [1.807, 2.05) is 0 Å². The van der Waals surface area contributed by atoms with Gasteiger partial charge in [-0.25, -0.2) is 14.4 Å². The number of rotatable bonds is 4. The van der Waals surface area contributed by atoms with E-state index in [1.54, 1.807) is 0 Å². The number of hydrogen-bond acceptors (Lipinski definition) is 7. The highest BCUT2D eigenvalue weighted by molar-refractivity contribution is 6.21. The van der Waals surface area contributed by atoms with Gasteiger partial charge in [0.25, 0.3) is 11.8 Å². The third-order valence-electron chi connectivity index (χ3n) is 4.38. The molecule has 10 heteroatoms. The number of esters is 2. The van der Waals surface area contributed by atoms with E-state index >= 15 is 0 Å². The minimum atomic E-state index is -0.699. The van der Waals surface area contributed by atoms with E-state index in [0.717, 1.165) is 4.90 Å². The van der Waals surface area contributed by atoms with Crippen LogP contribution in [0.5, 0.6) is 0 Å². The smallest absolute Gasteiger partial charge is 0.337 e. The van der Waals surface area contributed by atoms with Crippen molar-refractivity contribution in [1.29, 1.82) is 0 Å². The number of nitrogens with one attached hydrogen (secondary N) is 2. The van der Waals surface area contributed by atoms with Gasteiger partial charge in [-0.2, -0.15) is 0 Å². The van der Waals surface area contributed by atoms with Gasteiger partial charge >= 0.3 is 18.0 Å². The molecular formula is C20H17N3O7. The van der Waals surface area contributed by atoms with Crippen LogP contribution in [0.25, 0.3) is 0 Å². The van der Waals surface area contributed by atoms with Crippen molar-refractivity contribution in [2.45, 2.75) is 0 Å². The largest absolute Gasteiger partial charge is 0.465 e. The summed E-state index contributed by atoms with van der Waals surface area (Å²) in [5.41, 5.74) is 0.937. The number of nitrogens with zero attached hydrogens (tertiary/aromatic N) is 1. The van der Waals surface area contributed by atoms with Gasteiger partial charge in [-0.3, -0.25) is 14.5 Å². The Morgan fingerprint density at radius 2 is 1.30 bits per heavy atom. The minimum absolute atomic E-state index is 0.0420. The summed E-state index contributed by atoms with van der Waals surface area (Å²) >= 11 is 0. The van der Waals surface area contributed by atoms with Crippen molar-refractivity contribution in [2.75, 3.05) is 31.9 Å². The third-order valence-corrected chi connectivity index (χ3v) is 4.38. The van der Waals surface area contributed by atoms with Crippen LogP contribution in [0.1, 0.15) is 41.4 Å². The van der Waals surface area contributed by atoms with Crippen molar-refractivity contribution in [2.24, 2.45) is 0 Å². The van der Waals surface area contributed by atoms with Crippen molar-refractivity contribution in [3.63, 3.8) is 0 Å². The maximum absolute atomic E-state index is 12.4. The normalized spacial score (nSPS) is 12.3. The average molecular weight is 411 g/mol. The molecule has 0 aromatic heterocycles. The summed E-state index contributed by atoms with van der Waals surface area (Å²) in [5, 5.41) is 5.03. The molecule has 0 saturated carbocycles. The molecule has 2 aromatic carbocycles. The lowest BCUT2D eigenvalue weighted by Gasteiger charge is -2.11. The predicted octanol–water partition coefficient (Wildman–Crippen LogP) is 2.13. The molecule has 4 amide bonds. The number of benzene rings is 2. The number of hydrogen-bond donors (Lipinski definition) is 2. The first-order valence-corrected chi connectivity index (χ1v) is 8.61. The van der Waals surface area contributed by atoms with Crippen molar-refractivity contribution >= 4 is 41.2 Å². The summed E-state index contributed by atoms with van der Waals surface area (Å²) in [4.78, 5) is 61.0. The van der Waals surface area contributed by atoms with Crippen LogP contribution in [0.15, 0.2) is 36.4 Å². The van der Waals surface area contributed by atoms with Crippen LogP contribution >= 0.6 is 0 Å². The number of fused-ring (bicyclic) bond motifs is 1. The topological polar surface area (TPSA) is 131 Å². The Morgan fingerprint density at radius 3 is 1.87 bits per heavy atom. The molecule has 0 bridgehead atoms. The molecule has 154 valence electrons. The van der Waals surface area contributed by atoms with Crippen molar-refractivity contribution in [3.8, 4) is 0 Å². The minimum Gasteiger partial charge on any atom is -0.465 e. The molecule has 0 saturated heterocycles. The molecule has 1 aliphatic heterocycles. The van der Waals surface area contributed by atoms with E-state index in [9.17, 15) is 24.0 Å². The number of ether oxygens (including phenoxy) is 2. The van der Waals surface area contributed by atoms with E-state index in [-0.39, 0.29) is 33.6 Å². The zero-order chi connectivity index (χ0) is 22.0. The van der Waals surface area contributed by atoms with Gasteiger partial charge in [0.15, 0.2) is 0 Å². The Morgan fingerprint density at radius 1 is 0.767 bits per heavy atom. The Labute approximate surface area is 170 Å². The average Bonchev–Trinajstić information content (AvgIpc) is 2.95. The number of methoxy groups -OCH3 is 2. The number of imide groups is 1. The van der Waals surface area contributed by atoms with Crippen LogP contribution in [0, 0.1) is 0 Å². The zero-order valence-electron chi connectivity index (χ0n) is 16.3. The number of anilines is 2. The van der Waals surface area contributed by atoms with Crippen LogP contribution in [-0.4, -0.2) is 56.0 Å². The lowest BCUT2D eigenvalue weighted by molar-refractivity contribution is 0.0596. The summed E-state index contributed by atoms with van der Waals surface area (Å²) in [7, 11) is 3.74. The van der Waals surface area contributed by atoms with Gasteiger partial charge in [-0.1, -0.05) is 0 Å². The lowest BCUT2D eigenvalue weighted by Crippen LogP contribution is -2.24. The van der Waals surface area contributed by atoms with Gasteiger partial charge < -0.3 is 20.1 Å². The highest BCUT2D eigenvalue weighted by Crippen LogP contribution is 2.25. The molecule has 0 unspecified atom stereocenters. The highest BCUT2D eigenvalue weighted by Gasteiger charge is 2.32. The zero-order valence-corrected chi connectivity index (χ0v) is 16.3. The molecule has 10 nitrogen and oxygen atoms in total. The second-order valence-electron chi connectivity index (χ2n) is 6.29. The highest BCUT2D eigenvalue weighted by atomic mass is 16.5. The molecule has 3 rings (SSSR count). The van der Waals surface area contributed by atoms with Gasteiger partial charge in [0.1, 0.15) is 0 Å². The monoisotopic (exact) mass is 411 g/mol. The molecular weight excluding hydrogens is 394 g/mol. The number of urea groups is 1. The maximum atomic E-state index is 12.4. The first-order valence-electron chi connectivity index (χ1n) is 8.61. The number of carbonyl (C=O) groups is 5. The maximum Gasteiger partial charge on any atom is 0.337 e. The molecule has 1 heterocycles. The summed E-state index contributed by atoms with van der Waals surface area (Å²) < 4.78 is 9.30. The molecule has 0 spiro atoms. The molecule has 2 aromatic rings. The van der Waals surface area contributed by atoms with Gasteiger partial charge in [-0.15, -0.1) is 0 Å². The lowest BCUT2D eigenvalue weighted by atomic mass is 10.1. The predicted molar refractivity (Wildman–Crippen MR) is 105 cm³/mol. The van der Waals surface area contributed by atoms with Crippen molar-refractivity contribution < 1.29 is 33.4 Å². The molecule has 2 N–H and O–H groups in total. The fraction of sp³-hybridized carbons (Fsp3) is 0.150. The van der Waals surface area contributed by atoms with Gasteiger partial charge in [0, 0.05) is 18.4 Å². The quantitative estimate of drug-likeness (QED) is 0.582. The van der Waals surface area contributed by atoms with E-state index in [0.29, 0.717) is 0 Å². The fourth-order valence-corrected chi connectivity index (χ4v) is 2.90. The van der Waals surface area contributed by atoms with Crippen LogP contribution in [-0.2, 0) is 9.47 Å². The van der Waals surface area contributed by atoms with Crippen molar-refractivity contribution in [1.82, 2.24) is 4.90 Å². The third kappa shape index (κ3) is 3.83. The van der Waals surface area contributed by atoms with Crippen LogP contribution in [0.4, 0.5) is 16.2 Å². The van der Waals surface area contributed by atoms with Crippen molar-refractivity contribution in [3.05, 3.63) is 58.7 Å². The summed E-state index contributed by atoms with van der Waals surface area (Å²) in [6.07, 6.45) is 0. The fourth-order valence-electron chi connectivity index (χ4n) is 2.90. The Kier molecular flexibility index (Phi) is 5.50. The van der Waals surface area contributed by atoms with E-state index < -0.39 is 29.8 Å². The Balaban J connectivity index is 1.81. The summed E-state index contributed by atoms with van der Waals surface area (Å²) in [6.45, 7) is 0. The molecule has 1 aliphatic rings. The summed E-state index contributed by atoms with van der Waals surface area (Å²) in [5.74, 6) is -2.28. The van der Waals surface area contributed by atoms with E-state index in [2.05, 4.69) is 20.1 Å². The second-order valence-corrected chi connectivity index (χ2v) is 6.29. The van der Waals surface area contributed by atoms with E-state index in [4.69, 9.17) is 0 Å². The molecule has 0 fully saturated rings. The molecule has 0 radical (unpaired) electrons.